The fourth-order valence-electron chi connectivity index (χ4n) is 3.45. The molecule has 0 saturated carbocycles. The summed E-state index contributed by atoms with van der Waals surface area (Å²) in [6.07, 6.45) is 1.10. The van der Waals surface area contributed by atoms with Crippen LogP contribution >= 0.6 is 0 Å². The highest BCUT2D eigenvalue weighted by atomic mass is 16.5. The summed E-state index contributed by atoms with van der Waals surface area (Å²) in [6.45, 7) is 4.12. The zero-order valence-electron chi connectivity index (χ0n) is 14.0. The molecule has 122 valence electrons. The van der Waals surface area contributed by atoms with E-state index in [4.69, 9.17) is 15.2 Å². The fourth-order valence-corrected chi connectivity index (χ4v) is 3.45. The van der Waals surface area contributed by atoms with Gasteiger partial charge in [-0.25, -0.2) is 0 Å². The predicted molar refractivity (Wildman–Crippen MR) is 94.7 cm³/mol. The number of nitrogen functional groups attached to an aromatic ring is 1. The van der Waals surface area contributed by atoms with Crippen molar-refractivity contribution < 1.29 is 9.47 Å². The molecule has 0 aromatic heterocycles. The van der Waals surface area contributed by atoms with Gasteiger partial charge >= 0.3 is 0 Å². The van der Waals surface area contributed by atoms with Crippen LogP contribution in [0, 0.1) is 6.92 Å². The van der Waals surface area contributed by atoms with Crippen LogP contribution in [0.4, 0.5) is 11.4 Å². The maximum absolute atomic E-state index is 6.22. The summed E-state index contributed by atoms with van der Waals surface area (Å²) in [6, 6.07) is 12.2. The molecular formula is C19H24N2O2. The van der Waals surface area contributed by atoms with E-state index in [-0.39, 0.29) is 0 Å². The quantitative estimate of drug-likeness (QED) is 0.877. The second-order valence-corrected chi connectivity index (χ2v) is 6.03. The van der Waals surface area contributed by atoms with Gasteiger partial charge in [0.05, 0.1) is 14.2 Å². The van der Waals surface area contributed by atoms with Crippen LogP contribution < -0.4 is 20.1 Å². The maximum atomic E-state index is 6.22. The van der Waals surface area contributed by atoms with E-state index in [2.05, 4.69) is 30.0 Å². The fraction of sp³-hybridized carbons (Fsp3) is 0.368. The minimum absolute atomic E-state index is 0.450. The first-order chi connectivity index (χ1) is 11.1. The second kappa shape index (κ2) is 6.41. The Labute approximate surface area is 137 Å². The van der Waals surface area contributed by atoms with Crippen molar-refractivity contribution in [2.75, 3.05) is 37.9 Å². The minimum atomic E-state index is 0.450. The van der Waals surface area contributed by atoms with Crippen molar-refractivity contribution in [2.24, 2.45) is 0 Å². The number of hydrogen-bond donors (Lipinski definition) is 1. The summed E-state index contributed by atoms with van der Waals surface area (Å²) < 4.78 is 10.7. The van der Waals surface area contributed by atoms with Crippen molar-refractivity contribution in [3.8, 4) is 11.5 Å². The van der Waals surface area contributed by atoms with Gasteiger partial charge in [-0.15, -0.1) is 0 Å². The van der Waals surface area contributed by atoms with Gasteiger partial charge in [-0.3, -0.25) is 0 Å². The Balaban J connectivity index is 1.81. The van der Waals surface area contributed by atoms with Crippen LogP contribution in [0.3, 0.4) is 0 Å². The molecule has 0 radical (unpaired) electrons. The highest BCUT2D eigenvalue weighted by Gasteiger charge is 2.26. The smallest absolute Gasteiger partial charge is 0.123 e. The lowest BCUT2D eigenvalue weighted by molar-refractivity contribution is 0.411. The van der Waals surface area contributed by atoms with E-state index in [1.54, 1.807) is 14.2 Å². The van der Waals surface area contributed by atoms with Crippen molar-refractivity contribution in [2.45, 2.75) is 19.3 Å². The van der Waals surface area contributed by atoms with Gasteiger partial charge in [-0.05, 0) is 37.1 Å². The molecule has 0 aliphatic carbocycles. The standard InChI is InChI=1S/C19H24N2O2/c1-13-18(5-4-6-19(13)23-3)21-10-9-14(12-21)16-8-7-15(22-2)11-17(16)20/h4-8,11,14H,9-10,12,20H2,1-3H3. The van der Waals surface area contributed by atoms with Crippen LogP contribution in [0.2, 0.25) is 0 Å². The number of benzene rings is 2. The lowest BCUT2D eigenvalue weighted by Crippen LogP contribution is -2.20. The molecule has 2 aromatic rings. The molecule has 0 spiro atoms. The summed E-state index contributed by atoms with van der Waals surface area (Å²) >= 11 is 0. The third-order valence-corrected chi connectivity index (χ3v) is 4.74. The molecule has 0 bridgehead atoms. The van der Waals surface area contributed by atoms with Crippen molar-refractivity contribution in [3.63, 3.8) is 0 Å². The molecule has 1 aliphatic rings. The Bertz CT molecular complexity index is 700. The van der Waals surface area contributed by atoms with Crippen LogP contribution in [0.5, 0.6) is 11.5 Å². The second-order valence-electron chi connectivity index (χ2n) is 6.03. The summed E-state index contributed by atoms with van der Waals surface area (Å²) in [5.41, 5.74) is 10.7. The number of hydrogen-bond acceptors (Lipinski definition) is 4. The van der Waals surface area contributed by atoms with E-state index in [9.17, 15) is 0 Å². The summed E-state index contributed by atoms with van der Waals surface area (Å²) in [5, 5.41) is 0. The largest absolute Gasteiger partial charge is 0.497 e. The van der Waals surface area contributed by atoms with Gasteiger partial charge in [-0.1, -0.05) is 12.1 Å². The van der Waals surface area contributed by atoms with Crippen LogP contribution in [-0.2, 0) is 0 Å². The van der Waals surface area contributed by atoms with E-state index in [0.717, 1.165) is 36.7 Å². The number of anilines is 2. The van der Waals surface area contributed by atoms with Crippen molar-refractivity contribution in [1.29, 1.82) is 0 Å². The first-order valence-corrected chi connectivity index (χ1v) is 7.96. The van der Waals surface area contributed by atoms with Gasteiger partial charge < -0.3 is 20.1 Å². The topological polar surface area (TPSA) is 47.7 Å². The Morgan fingerprint density at radius 3 is 2.65 bits per heavy atom. The van der Waals surface area contributed by atoms with Crippen LogP contribution in [0.1, 0.15) is 23.5 Å². The predicted octanol–water partition coefficient (Wildman–Crippen LogP) is 3.59. The molecule has 2 N–H and O–H groups in total. The molecule has 4 heteroatoms. The normalized spacial score (nSPS) is 17.3. The first-order valence-electron chi connectivity index (χ1n) is 7.96. The van der Waals surface area contributed by atoms with E-state index in [0.29, 0.717) is 5.92 Å². The van der Waals surface area contributed by atoms with Gasteiger partial charge in [0.15, 0.2) is 0 Å². The molecule has 1 aliphatic heterocycles. The minimum Gasteiger partial charge on any atom is -0.497 e. The zero-order chi connectivity index (χ0) is 16.4. The van der Waals surface area contributed by atoms with E-state index in [1.807, 2.05) is 18.2 Å². The SMILES string of the molecule is COc1ccc(C2CCN(c3cccc(OC)c3C)C2)c(N)c1. The molecule has 1 atom stereocenters. The molecular weight excluding hydrogens is 288 g/mol. The average molecular weight is 312 g/mol. The molecule has 3 rings (SSSR count). The van der Waals surface area contributed by atoms with Crippen molar-refractivity contribution in [3.05, 3.63) is 47.5 Å². The highest BCUT2D eigenvalue weighted by molar-refractivity contribution is 5.61. The Hall–Kier alpha value is -2.36. The molecule has 1 fully saturated rings. The van der Waals surface area contributed by atoms with E-state index in [1.165, 1.54) is 16.8 Å². The molecule has 1 unspecified atom stereocenters. The van der Waals surface area contributed by atoms with Crippen molar-refractivity contribution >= 4 is 11.4 Å². The molecule has 0 amide bonds. The van der Waals surface area contributed by atoms with Gasteiger partial charge in [0.2, 0.25) is 0 Å². The number of nitrogens with two attached hydrogens (primary N) is 1. The first kappa shape index (κ1) is 15.5. The maximum Gasteiger partial charge on any atom is 0.123 e. The molecule has 1 heterocycles. The third-order valence-electron chi connectivity index (χ3n) is 4.74. The van der Waals surface area contributed by atoms with Gasteiger partial charge in [0, 0.05) is 42.0 Å². The lowest BCUT2D eigenvalue weighted by Gasteiger charge is -2.22. The number of nitrogens with zero attached hydrogens (tertiary/aromatic N) is 1. The van der Waals surface area contributed by atoms with Crippen LogP contribution in [-0.4, -0.2) is 27.3 Å². The summed E-state index contributed by atoms with van der Waals surface area (Å²) in [5.74, 6) is 2.20. The molecule has 23 heavy (non-hydrogen) atoms. The number of methoxy groups -OCH3 is 2. The zero-order valence-corrected chi connectivity index (χ0v) is 14.0. The Morgan fingerprint density at radius 1 is 1.13 bits per heavy atom. The number of ether oxygens (including phenoxy) is 2. The van der Waals surface area contributed by atoms with Crippen molar-refractivity contribution in [1.82, 2.24) is 0 Å². The molecule has 2 aromatic carbocycles. The lowest BCUT2D eigenvalue weighted by atomic mass is 9.96. The monoisotopic (exact) mass is 312 g/mol. The van der Waals surface area contributed by atoms with E-state index < -0.39 is 0 Å². The number of rotatable bonds is 4. The van der Waals surface area contributed by atoms with Gasteiger partial charge in [0.25, 0.3) is 0 Å². The Morgan fingerprint density at radius 2 is 1.96 bits per heavy atom. The Kier molecular flexibility index (Phi) is 4.33. The highest BCUT2D eigenvalue weighted by Crippen LogP contribution is 2.37. The van der Waals surface area contributed by atoms with Crippen LogP contribution in [0.15, 0.2) is 36.4 Å². The third kappa shape index (κ3) is 2.93. The summed E-state index contributed by atoms with van der Waals surface area (Å²) in [7, 11) is 3.38. The average Bonchev–Trinajstić information content (AvgIpc) is 3.04. The van der Waals surface area contributed by atoms with Gasteiger partial charge in [-0.2, -0.15) is 0 Å². The summed E-state index contributed by atoms with van der Waals surface area (Å²) in [4.78, 5) is 2.42. The molecule has 1 saturated heterocycles. The molecule has 4 nitrogen and oxygen atoms in total. The van der Waals surface area contributed by atoms with E-state index >= 15 is 0 Å². The van der Waals surface area contributed by atoms with Crippen LogP contribution in [0.25, 0.3) is 0 Å². The van der Waals surface area contributed by atoms with Gasteiger partial charge in [0.1, 0.15) is 11.5 Å².